The van der Waals surface area contributed by atoms with Gasteiger partial charge in [-0.15, -0.1) is 0 Å². The molecule has 0 atom stereocenters. The number of ketones is 3. The van der Waals surface area contributed by atoms with Crippen LogP contribution in [0, 0.1) is 17.3 Å². The fourth-order valence-electron chi connectivity index (χ4n) is 5.17. The lowest BCUT2D eigenvalue weighted by atomic mass is 9.53. The molecular weight excluding hydrogens is 264 g/mol. The first kappa shape index (κ1) is 14.9. The van der Waals surface area contributed by atoms with E-state index in [-0.39, 0.29) is 5.41 Å². The van der Waals surface area contributed by atoms with Crippen molar-refractivity contribution in [1.82, 2.24) is 0 Å². The first-order valence-corrected chi connectivity index (χ1v) is 8.65. The average Bonchev–Trinajstić information content (AvgIpc) is 2.50. The molecule has 3 aliphatic rings. The zero-order valence-electron chi connectivity index (χ0n) is 12.9. The van der Waals surface area contributed by atoms with Gasteiger partial charge in [-0.2, -0.15) is 0 Å². The van der Waals surface area contributed by atoms with Gasteiger partial charge in [-0.05, 0) is 55.8 Å². The molecule has 0 aromatic heterocycles. The van der Waals surface area contributed by atoms with Gasteiger partial charge in [-0.1, -0.05) is 0 Å². The number of hydrogen-bond acceptors (Lipinski definition) is 3. The predicted octanol–water partition coefficient (Wildman–Crippen LogP) is 3.63. The summed E-state index contributed by atoms with van der Waals surface area (Å²) in [6.45, 7) is 0. The lowest BCUT2D eigenvalue weighted by Crippen LogP contribution is -2.44. The van der Waals surface area contributed by atoms with Gasteiger partial charge in [0, 0.05) is 38.5 Å². The van der Waals surface area contributed by atoms with Crippen molar-refractivity contribution in [3.63, 3.8) is 0 Å². The maximum Gasteiger partial charge on any atom is 0.132 e. The minimum atomic E-state index is 0.245. The van der Waals surface area contributed by atoms with Crippen molar-refractivity contribution >= 4 is 17.3 Å². The number of Topliss-reactive ketones (excluding diaryl/α,β-unsaturated/α-hetero) is 3. The highest BCUT2D eigenvalue weighted by Gasteiger charge is 2.48. The van der Waals surface area contributed by atoms with E-state index in [1.807, 2.05) is 0 Å². The van der Waals surface area contributed by atoms with E-state index >= 15 is 0 Å². The summed E-state index contributed by atoms with van der Waals surface area (Å²) >= 11 is 0. The third-order valence-electron chi connectivity index (χ3n) is 6.45. The highest BCUT2D eigenvalue weighted by Crippen LogP contribution is 2.55. The predicted molar refractivity (Wildman–Crippen MR) is 79.8 cm³/mol. The van der Waals surface area contributed by atoms with Gasteiger partial charge in [0.2, 0.25) is 0 Å². The standard InChI is InChI=1S/C18H26O3/c19-15-5-1-13(2-6-15)18(11-9-17(21)10-12-18)14-3-7-16(20)8-4-14/h13-14H,1-12H2. The highest BCUT2D eigenvalue weighted by molar-refractivity contribution is 5.80. The molecule has 0 bridgehead atoms. The largest absolute Gasteiger partial charge is 0.300 e. The maximum atomic E-state index is 11.7. The molecule has 0 radical (unpaired) electrons. The van der Waals surface area contributed by atoms with E-state index < -0.39 is 0 Å². The van der Waals surface area contributed by atoms with Crippen molar-refractivity contribution in [2.24, 2.45) is 17.3 Å². The van der Waals surface area contributed by atoms with Gasteiger partial charge < -0.3 is 0 Å². The van der Waals surface area contributed by atoms with E-state index in [9.17, 15) is 14.4 Å². The number of carbonyl (C=O) groups is 3. The van der Waals surface area contributed by atoms with Crippen LogP contribution in [-0.4, -0.2) is 17.3 Å². The van der Waals surface area contributed by atoms with E-state index in [4.69, 9.17) is 0 Å². The molecule has 3 aliphatic carbocycles. The van der Waals surface area contributed by atoms with Crippen LogP contribution in [0.2, 0.25) is 0 Å². The summed E-state index contributed by atoms with van der Waals surface area (Å²) < 4.78 is 0. The summed E-state index contributed by atoms with van der Waals surface area (Å²) in [7, 11) is 0. The summed E-state index contributed by atoms with van der Waals surface area (Å²) in [6, 6.07) is 0. The van der Waals surface area contributed by atoms with E-state index in [1.54, 1.807) is 0 Å². The molecule has 3 heteroatoms. The molecule has 0 heterocycles. The van der Waals surface area contributed by atoms with Gasteiger partial charge in [-0.3, -0.25) is 14.4 Å². The van der Waals surface area contributed by atoms with E-state index in [1.165, 1.54) is 0 Å². The van der Waals surface area contributed by atoms with Crippen LogP contribution in [0.4, 0.5) is 0 Å². The molecule has 0 aromatic rings. The minimum absolute atomic E-state index is 0.245. The van der Waals surface area contributed by atoms with Gasteiger partial charge in [0.25, 0.3) is 0 Å². The molecule has 3 rings (SSSR count). The van der Waals surface area contributed by atoms with E-state index in [0.29, 0.717) is 29.2 Å². The second kappa shape index (κ2) is 6.02. The van der Waals surface area contributed by atoms with Crippen molar-refractivity contribution in [3.8, 4) is 0 Å². The van der Waals surface area contributed by atoms with Crippen LogP contribution in [0.3, 0.4) is 0 Å². The fourth-order valence-corrected chi connectivity index (χ4v) is 5.17. The Bertz CT molecular complexity index is 391. The Morgan fingerprint density at radius 3 is 1.29 bits per heavy atom. The van der Waals surface area contributed by atoms with E-state index in [0.717, 1.165) is 77.0 Å². The second-order valence-electron chi connectivity index (χ2n) is 7.40. The Kier molecular flexibility index (Phi) is 4.28. The van der Waals surface area contributed by atoms with Crippen molar-refractivity contribution < 1.29 is 14.4 Å². The average molecular weight is 290 g/mol. The molecule has 0 N–H and O–H groups in total. The topological polar surface area (TPSA) is 51.2 Å². The first-order chi connectivity index (χ1) is 10.1. The normalized spacial score (nSPS) is 28.9. The molecule has 0 aliphatic heterocycles. The summed E-state index contributed by atoms with van der Waals surface area (Å²) in [6.07, 6.45) is 10.4. The lowest BCUT2D eigenvalue weighted by Gasteiger charge is -2.51. The molecule has 3 fully saturated rings. The van der Waals surface area contributed by atoms with Crippen LogP contribution in [0.15, 0.2) is 0 Å². The molecule has 0 saturated heterocycles. The summed E-state index contributed by atoms with van der Waals surface area (Å²) in [5, 5.41) is 0. The Hall–Kier alpha value is -0.990. The molecular formula is C18H26O3. The zero-order chi connectivity index (χ0) is 14.9. The molecule has 3 nitrogen and oxygen atoms in total. The molecule has 116 valence electrons. The molecule has 0 unspecified atom stereocenters. The second-order valence-corrected chi connectivity index (χ2v) is 7.40. The molecule has 21 heavy (non-hydrogen) atoms. The number of carbonyl (C=O) groups excluding carboxylic acids is 3. The van der Waals surface area contributed by atoms with Gasteiger partial charge in [-0.25, -0.2) is 0 Å². The van der Waals surface area contributed by atoms with Crippen LogP contribution >= 0.6 is 0 Å². The van der Waals surface area contributed by atoms with Gasteiger partial charge in [0.1, 0.15) is 17.3 Å². The van der Waals surface area contributed by atoms with Crippen molar-refractivity contribution in [3.05, 3.63) is 0 Å². The van der Waals surface area contributed by atoms with Crippen LogP contribution in [0.25, 0.3) is 0 Å². The highest BCUT2D eigenvalue weighted by atomic mass is 16.1. The third kappa shape index (κ3) is 2.97. The minimum Gasteiger partial charge on any atom is -0.300 e. The van der Waals surface area contributed by atoms with E-state index in [2.05, 4.69) is 0 Å². The third-order valence-corrected chi connectivity index (χ3v) is 6.45. The van der Waals surface area contributed by atoms with Gasteiger partial charge in [0.05, 0.1) is 0 Å². The summed E-state index contributed by atoms with van der Waals surface area (Å²) in [4.78, 5) is 34.8. The summed E-state index contributed by atoms with van der Waals surface area (Å²) in [5.41, 5.74) is 0.245. The zero-order valence-corrected chi connectivity index (χ0v) is 12.9. The number of rotatable bonds is 2. The van der Waals surface area contributed by atoms with Crippen molar-refractivity contribution in [1.29, 1.82) is 0 Å². The van der Waals surface area contributed by atoms with Crippen molar-refractivity contribution in [2.45, 2.75) is 77.0 Å². The van der Waals surface area contributed by atoms with Crippen LogP contribution in [0.1, 0.15) is 77.0 Å². The Balaban J connectivity index is 1.79. The lowest BCUT2D eigenvalue weighted by molar-refractivity contribution is -0.131. The van der Waals surface area contributed by atoms with Crippen LogP contribution in [0.5, 0.6) is 0 Å². The first-order valence-electron chi connectivity index (χ1n) is 8.65. The smallest absolute Gasteiger partial charge is 0.132 e. The summed E-state index contributed by atoms with van der Waals surface area (Å²) in [5.74, 6) is 2.42. The fraction of sp³-hybridized carbons (Fsp3) is 0.833. The molecule has 3 saturated carbocycles. The van der Waals surface area contributed by atoms with Crippen LogP contribution in [-0.2, 0) is 14.4 Å². The van der Waals surface area contributed by atoms with Crippen LogP contribution < -0.4 is 0 Å². The van der Waals surface area contributed by atoms with Gasteiger partial charge in [0.15, 0.2) is 0 Å². The maximum absolute atomic E-state index is 11.7. The molecule has 0 aromatic carbocycles. The van der Waals surface area contributed by atoms with Gasteiger partial charge >= 0.3 is 0 Å². The monoisotopic (exact) mass is 290 g/mol. The number of hydrogen-bond donors (Lipinski definition) is 0. The Morgan fingerprint density at radius 2 is 0.905 bits per heavy atom. The van der Waals surface area contributed by atoms with Crippen molar-refractivity contribution in [2.75, 3.05) is 0 Å². The Morgan fingerprint density at radius 1 is 0.571 bits per heavy atom. The quantitative estimate of drug-likeness (QED) is 0.780. The molecule has 0 amide bonds. The molecule has 0 spiro atoms. The Labute approximate surface area is 126 Å². The SMILES string of the molecule is O=C1CCC(C2(C3CCC(=O)CC3)CCC(=O)CC2)CC1.